The maximum Gasteiger partial charge on any atom is 0.317 e. The highest BCUT2D eigenvalue weighted by atomic mass is 16.5. The minimum atomic E-state index is 0.000371. The zero-order chi connectivity index (χ0) is 16.9. The number of hydrogen-bond acceptors (Lipinski definition) is 5. The molecule has 3 rings (SSSR count). The van der Waals surface area contributed by atoms with E-state index in [1.807, 2.05) is 36.1 Å². The number of nitrogens with zero attached hydrogens (tertiary/aromatic N) is 3. The zero-order valence-electron chi connectivity index (χ0n) is 14.0. The van der Waals surface area contributed by atoms with Crippen molar-refractivity contribution in [3.63, 3.8) is 0 Å². The van der Waals surface area contributed by atoms with Crippen LogP contribution in [0.3, 0.4) is 0 Å². The third kappa shape index (κ3) is 3.50. The SMILES string of the molecule is CCNC(=O)N1CCC(c2nc(-c3ccc(OC)cc3)no2)CC1. The molecule has 7 heteroatoms. The zero-order valence-corrected chi connectivity index (χ0v) is 14.0. The van der Waals surface area contributed by atoms with Gasteiger partial charge in [-0.2, -0.15) is 4.98 Å². The Morgan fingerprint density at radius 2 is 2.04 bits per heavy atom. The molecular weight excluding hydrogens is 308 g/mol. The van der Waals surface area contributed by atoms with E-state index in [1.54, 1.807) is 7.11 Å². The molecule has 0 saturated carbocycles. The summed E-state index contributed by atoms with van der Waals surface area (Å²) >= 11 is 0. The highest BCUT2D eigenvalue weighted by molar-refractivity contribution is 5.74. The van der Waals surface area contributed by atoms with Gasteiger partial charge < -0.3 is 19.5 Å². The van der Waals surface area contributed by atoms with Gasteiger partial charge in [0.05, 0.1) is 7.11 Å². The van der Waals surface area contributed by atoms with Crippen LogP contribution in [0.4, 0.5) is 4.79 Å². The van der Waals surface area contributed by atoms with E-state index in [0.717, 1.165) is 24.2 Å². The maximum atomic E-state index is 11.8. The number of carbonyl (C=O) groups is 1. The van der Waals surface area contributed by atoms with Crippen LogP contribution < -0.4 is 10.1 Å². The van der Waals surface area contributed by atoms with Crippen LogP contribution in [0.1, 0.15) is 31.6 Å². The Morgan fingerprint density at radius 1 is 1.33 bits per heavy atom. The van der Waals surface area contributed by atoms with Crippen molar-refractivity contribution < 1.29 is 14.1 Å². The Balaban J connectivity index is 1.63. The summed E-state index contributed by atoms with van der Waals surface area (Å²) in [7, 11) is 1.63. The number of piperidine rings is 1. The topological polar surface area (TPSA) is 80.5 Å². The second-order valence-corrected chi connectivity index (χ2v) is 5.78. The molecule has 2 amide bonds. The van der Waals surface area contributed by atoms with Crippen molar-refractivity contribution in [2.75, 3.05) is 26.7 Å². The van der Waals surface area contributed by atoms with Crippen LogP contribution in [0.25, 0.3) is 11.4 Å². The number of nitrogens with one attached hydrogen (secondary N) is 1. The van der Waals surface area contributed by atoms with E-state index in [4.69, 9.17) is 9.26 Å². The highest BCUT2D eigenvalue weighted by Gasteiger charge is 2.27. The van der Waals surface area contributed by atoms with Gasteiger partial charge in [0.1, 0.15) is 5.75 Å². The molecule has 1 aliphatic rings. The number of likely N-dealkylation sites (tertiary alicyclic amines) is 1. The molecule has 0 atom stereocenters. The number of carbonyl (C=O) groups excluding carboxylic acids is 1. The van der Waals surface area contributed by atoms with Gasteiger partial charge in [-0.15, -0.1) is 0 Å². The first-order chi connectivity index (χ1) is 11.7. The summed E-state index contributed by atoms with van der Waals surface area (Å²) in [6, 6.07) is 7.56. The molecule has 1 N–H and O–H groups in total. The van der Waals surface area contributed by atoms with E-state index >= 15 is 0 Å². The van der Waals surface area contributed by atoms with E-state index in [-0.39, 0.29) is 11.9 Å². The molecule has 1 saturated heterocycles. The van der Waals surface area contributed by atoms with Gasteiger partial charge in [0.15, 0.2) is 0 Å². The molecule has 24 heavy (non-hydrogen) atoms. The molecule has 1 aliphatic heterocycles. The molecule has 1 aromatic carbocycles. The first-order valence-corrected chi connectivity index (χ1v) is 8.22. The molecule has 1 fully saturated rings. The average Bonchev–Trinajstić information content (AvgIpc) is 3.12. The first-order valence-electron chi connectivity index (χ1n) is 8.22. The maximum absolute atomic E-state index is 11.8. The molecule has 1 aromatic heterocycles. The Bertz CT molecular complexity index is 675. The molecule has 2 aromatic rings. The fourth-order valence-corrected chi connectivity index (χ4v) is 2.85. The van der Waals surface area contributed by atoms with E-state index in [9.17, 15) is 4.79 Å². The average molecular weight is 330 g/mol. The third-order valence-corrected chi connectivity index (χ3v) is 4.25. The number of rotatable bonds is 4. The lowest BCUT2D eigenvalue weighted by Crippen LogP contribution is -2.44. The predicted molar refractivity (Wildman–Crippen MR) is 88.9 cm³/mol. The molecule has 0 bridgehead atoms. The number of methoxy groups -OCH3 is 1. The van der Waals surface area contributed by atoms with E-state index in [0.29, 0.717) is 31.3 Å². The minimum absolute atomic E-state index is 0.000371. The van der Waals surface area contributed by atoms with Gasteiger partial charge in [-0.3, -0.25) is 0 Å². The van der Waals surface area contributed by atoms with Gasteiger partial charge in [-0.25, -0.2) is 4.79 Å². The Hall–Kier alpha value is -2.57. The predicted octanol–water partition coefficient (Wildman–Crippen LogP) is 2.65. The minimum Gasteiger partial charge on any atom is -0.497 e. The lowest BCUT2D eigenvalue weighted by atomic mass is 9.97. The first kappa shape index (κ1) is 16.3. The summed E-state index contributed by atoms with van der Waals surface area (Å²) in [6.45, 7) is 3.98. The Labute approximate surface area is 141 Å². The van der Waals surface area contributed by atoms with Crippen molar-refractivity contribution in [3.05, 3.63) is 30.2 Å². The second kappa shape index (κ2) is 7.33. The van der Waals surface area contributed by atoms with E-state index in [1.165, 1.54) is 0 Å². The fraction of sp³-hybridized carbons (Fsp3) is 0.471. The largest absolute Gasteiger partial charge is 0.497 e. The van der Waals surface area contributed by atoms with Crippen molar-refractivity contribution >= 4 is 6.03 Å². The fourth-order valence-electron chi connectivity index (χ4n) is 2.85. The van der Waals surface area contributed by atoms with Crippen LogP contribution >= 0.6 is 0 Å². The highest BCUT2D eigenvalue weighted by Crippen LogP contribution is 2.29. The van der Waals surface area contributed by atoms with Crippen LogP contribution in [0.15, 0.2) is 28.8 Å². The number of benzene rings is 1. The molecule has 0 spiro atoms. The summed E-state index contributed by atoms with van der Waals surface area (Å²) in [6.07, 6.45) is 1.67. The van der Waals surface area contributed by atoms with Crippen molar-refractivity contribution in [2.45, 2.75) is 25.7 Å². The van der Waals surface area contributed by atoms with Crippen LogP contribution in [-0.2, 0) is 0 Å². The second-order valence-electron chi connectivity index (χ2n) is 5.78. The molecule has 0 aliphatic carbocycles. The smallest absolute Gasteiger partial charge is 0.317 e. The molecule has 2 heterocycles. The number of hydrogen-bond donors (Lipinski definition) is 1. The van der Waals surface area contributed by atoms with Gasteiger partial charge in [0.25, 0.3) is 0 Å². The van der Waals surface area contributed by atoms with Crippen molar-refractivity contribution in [2.24, 2.45) is 0 Å². The summed E-state index contributed by atoms with van der Waals surface area (Å²) in [5.41, 5.74) is 0.894. The summed E-state index contributed by atoms with van der Waals surface area (Å²) in [5.74, 6) is 2.23. The quantitative estimate of drug-likeness (QED) is 0.932. The summed E-state index contributed by atoms with van der Waals surface area (Å²) in [4.78, 5) is 18.2. The van der Waals surface area contributed by atoms with Crippen molar-refractivity contribution in [3.8, 4) is 17.1 Å². The summed E-state index contributed by atoms with van der Waals surface area (Å²) < 4.78 is 10.6. The van der Waals surface area contributed by atoms with E-state index in [2.05, 4.69) is 15.5 Å². The van der Waals surface area contributed by atoms with Gasteiger partial charge >= 0.3 is 6.03 Å². The van der Waals surface area contributed by atoms with Crippen molar-refractivity contribution in [1.29, 1.82) is 0 Å². The Kier molecular flexibility index (Phi) is 4.98. The van der Waals surface area contributed by atoms with Crippen LogP contribution in [-0.4, -0.2) is 47.8 Å². The van der Waals surface area contributed by atoms with Crippen LogP contribution in [0.2, 0.25) is 0 Å². The summed E-state index contributed by atoms with van der Waals surface area (Å²) in [5, 5.41) is 6.91. The Morgan fingerprint density at radius 3 is 2.67 bits per heavy atom. The molecule has 7 nitrogen and oxygen atoms in total. The third-order valence-electron chi connectivity index (χ3n) is 4.25. The number of aromatic nitrogens is 2. The number of urea groups is 1. The van der Waals surface area contributed by atoms with Gasteiger partial charge in [0, 0.05) is 31.1 Å². The molecule has 0 unspecified atom stereocenters. The van der Waals surface area contributed by atoms with Crippen molar-refractivity contribution in [1.82, 2.24) is 20.4 Å². The van der Waals surface area contributed by atoms with Crippen LogP contribution in [0, 0.1) is 0 Å². The molecule has 0 radical (unpaired) electrons. The molecule has 128 valence electrons. The standard InChI is InChI=1S/C17H22N4O3/c1-3-18-17(22)21-10-8-13(9-11-21)16-19-15(20-24-16)12-4-6-14(23-2)7-5-12/h4-7,13H,3,8-11H2,1-2H3,(H,18,22). The monoisotopic (exact) mass is 330 g/mol. The van der Waals surface area contributed by atoms with E-state index < -0.39 is 0 Å². The lowest BCUT2D eigenvalue weighted by molar-refractivity contribution is 0.176. The van der Waals surface area contributed by atoms with Gasteiger partial charge in [-0.1, -0.05) is 5.16 Å². The number of ether oxygens (including phenoxy) is 1. The van der Waals surface area contributed by atoms with Gasteiger partial charge in [-0.05, 0) is 44.0 Å². The lowest BCUT2D eigenvalue weighted by Gasteiger charge is -2.30. The normalized spacial score (nSPS) is 15.3. The molecular formula is C17H22N4O3. The van der Waals surface area contributed by atoms with Crippen LogP contribution in [0.5, 0.6) is 5.75 Å². The number of amides is 2. The van der Waals surface area contributed by atoms with Gasteiger partial charge in [0.2, 0.25) is 11.7 Å².